The van der Waals surface area contributed by atoms with Gasteiger partial charge in [-0.3, -0.25) is 4.79 Å². The first-order valence-corrected chi connectivity index (χ1v) is 7.49. The lowest BCUT2D eigenvalue weighted by Crippen LogP contribution is -2.27. The maximum Gasteiger partial charge on any atom is 0.341 e. The third kappa shape index (κ3) is 3.44. The molecule has 0 unspecified atom stereocenters. The lowest BCUT2D eigenvalue weighted by Gasteiger charge is -2.20. The highest BCUT2D eigenvalue weighted by Crippen LogP contribution is 2.37. The van der Waals surface area contributed by atoms with Crippen LogP contribution in [-0.4, -0.2) is 30.0 Å². The second kappa shape index (κ2) is 5.46. The van der Waals surface area contributed by atoms with Crippen LogP contribution in [0.5, 0.6) is 0 Å². The van der Waals surface area contributed by atoms with Gasteiger partial charge in [0.05, 0.1) is 4.90 Å². The van der Waals surface area contributed by atoms with Crippen molar-refractivity contribution in [2.24, 2.45) is 0 Å². The molecule has 106 valence electrons. The molecular weight excluding hydrogens is 298 g/mol. The number of sulfone groups is 1. The van der Waals surface area contributed by atoms with E-state index in [1.807, 2.05) is 0 Å². The van der Waals surface area contributed by atoms with E-state index in [0.29, 0.717) is 11.8 Å². The number of aliphatic carboxylic acids is 1. The Morgan fingerprint density at radius 1 is 1.32 bits per heavy atom. The molecule has 0 radical (unpaired) electrons. The van der Waals surface area contributed by atoms with Gasteiger partial charge in [-0.1, -0.05) is 12.1 Å². The number of carboxylic acids is 1. The normalized spacial score (nSPS) is 12.7. The largest absolute Gasteiger partial charge is 0.480 e. The first-order valence-electron chi connectivity index (χ1n) is 5.12. The predicted molar refractivity (Wildman–Crippen MR) is 67.2 cm³/mol. The van der Waals surface area contributed by atoms with Crippen molar-refractivity contribution in [2.45, 2.75) is 34.1 Å². The minimum absolute atomic E-state index is 0.00444. The van der Waals surface area contributed by atoms with E-state index in [-0.39, 0.29) is 4.90 Å². The molecule has 0 aliphatic carbocycles. The van der Waals surface area contributed by atoms with Gasteiger partial charge in [0, 0.05) is 4.90 Å². The topological polar surface area (TPSA) is 71.4 Å². The van der Waals surface area contributed by atoms with Crippen molar-refractivity contribution in [3.05, 3.63) is 24.3 Å². The summed E-state index contributed by atoms with van der Waals surface area (Å²) in [7, 11) is -4.75. The first-order chi connectivity index (χ1) is 8.59. The zero-order chi connectivity index (χ0) is 14.8. The van der Waals surface area contributed by atoms with Crippen molar-refractivity contribution >= 4 is 27.6 Å². The highest BCUT2D eigenvalue weighted by molar-refractivity contribution is 8.02. The van der Waals surface area contributed by atoms with Gasteiger partial charge in [0.1, 0.15) is 4.75 Å². The molecule has 8 heteroatoms. The Morgan fingerprint density at radius 3 is 2.32 bits per heavy atom. The molecular formula is C11H12F2O4S2. The Bertz CT molecular complexity index is 582. The van der Waals surface area contributed by atoms with Crippen LogP contribution in [0.25, 0.3) is 0 Å². The molecule has 0 saturated carbocycles. The molecule has 0 fully saturated rings. The van der Waals surface area contributed by atoms with Crippen LogP contribution in [-0.2, 0) is 14.6 Å². The van der Waals surface area contributed by atoms with Crippen LogP contribution in [0, 0.1) is 0 Å². The van der Waals surface area contributed by atoms with Gasteiger partial charge in [-0.15, -0.1) is 11.8 Å². The van der Waals surface area contributed by atoms with Crippen molar-refractivity contribution in [2.75, 3.05) is 0 Å². The summed E-state index contributed by atoms with van der Waals surface area (Å²) in [6.45, 7) is 2.73. The SMILES string of the molecule is CC(C)(Sc1ccccc1S(=O)(=O)C(F)F)C(=O)O. The van der Waals surface area contributed by atoms with E-state index in [1.54, 1.807) is 0 Å². The second-order valence-corrected chi connectivity index (χ2v) is 7.72. The molecule has 0 saturated heterocycles. The molecule has 1 rings (SSSR count). The van der Waals surface area contributed by atoms with Gasteiger partial charge in [-0.2, -0.15) is 8.78 Å². The molecule has 0 aliphatic heterocycles. The summed E-state index contributed by atoms with van der Waals surface area (Å²) in [4.78, 5) is 10.4. The number of rotatable bonds is 5. The summed E-state index contributed by atoms with van der Waals surface area (Å²) in [5.41, 5.74) is 0. The lowest BCUT2D eigenvalue weighted by atomic mass is 10.2. The maximum atomic E-state index is 12.6. The number of alkyl halides is 2. The van der Waals surface area contributed by atoms with Crippen molar-refractivity contribution in [1.29, 1.82) is 0 Å². The highest BCUT2D eigenvalue weighted by atomic mass is 32.2. The summed E-state index contributed by atoms with van der Waals surface area (Å²) in [6, 6.07) is 5.13. The number of hydrogen-bond acceptors (Lipinski definition) is 4. The number of carboxylic acid groups (broad SMARTS) is 1. The average Bonchev–Trinajstić information content (AvgIpc) is 2.28. The van der Waals surface area contributed by atoms with E-state index in [0.717, 1.165) is 6.07 Å². The zero-order valence-electron chi connectivity index (χ0n) is 10.1. The minimum atomic E-state index is -4.75. The summed E-state index contributed by atoms with van der Waals surface area (Å²) in [5.74, 6) is -4.70. The number of benzene rings is 1. The Balaban J connectivity index is 3.29. The van der Waals surface area contributed by atoms with E-state index < -0.39 is 31.2 Å². The molecule has 0 heterocycles. The summed E-state index contributed by atoms with van der Waals surface area (Å²) in [6.07, 6.45) is 0. The molecule has 1 aromatic rings. The predicted octanol–water partition coefficient (Wildman–Crippen LogP) is 2.64. The van der Waals surface area contributed by atoms with E-state index in [1.165, 1.54) is 32.0 Å². The van der Waals surface area contributed by atoms with Crippen LogP contribution < -0.4 is 0 Å². The Labute approximate surface area is 113 Å². The number of thioether (sulfide) groups is 1. The van der Waals surface area contributed by atoms with E-state index in [2.05, 4.69) is 0 Å². The average molecular weight is 310 g/mol. The molecule has 0 amide bonds. The number of hydrogen-bond donors (Lipinski definition) is 1. The van der Waals surface area contributed by atoms with Gasteiger partial charge in [0.15, 0.2) is 0 Å². The van der Waals surface area contributed by atoms with Crippen LogP contribution in [0.1, 0.15) is 13.8 Å². The smallest absolute Gasteiger partial charge is 0.341 e. The minimum Gasteiger partial charge on any atom is -0.480 e. The monoisotopic (exact) mass is 310 g/mol. The molecule has 0 aliphatic rings. The van der Waals surface area contributed by atoms with E-state index in [9.17, 15) is 22.0 Å². The van der Waals surface area contributed by atoms with Gasteiger partial charge < -0.3 is 5.11 Å². The summed E-state index contributed by atoms with van der Waals surface area (Å²) < 4.78 is 46.8. The standard InChI is InChI=1S/C11H12F2O4S2/c1-11(2,9(14)15)18-7-5-3-4-6-8(7)19(16,17)10(12)13/h3-6,10H,1-2H3,(H,14,15). The summed E-state index contributed by atoms with van der Waals surface area (Å²) >= 11 is 0.713. The molecule has 4 nitrogen and oxygen atoms in total. The second-order valence-electron chi connectivity index (χ2n) is 4.17. The van der Waals surface area contributed by atoms with E-state index in [4.69, 9.17) is 5.11 Å². The molecule has 0 atom stereocenters. The lowest BCUT2D eigenvalue weighted by molar-refractivity contribution is -0.138. The number of carbonyl (C=O) groups is 1. The van der Waals surface area contributed by atoms with Crippen molar-refractivity contribution in [3.8, 4) is 0 Å². The molecule has 0 spiro atoms. The maximum absolute atomic E-state index is 12.6. The van der Waals surface area contributed by atoms with Crippen molar-refractivity contribution < 1.29 is 27.1 Å². The van der Waals surface area contributed by atoms with Gasteiger partial charge in [-0.05, 0) is 26.0 Å². The first kappa shape index (κ1) is 15.9. The van der Waals surface area contributed by atoms with Crippen LogP contribution in [0.15, 0.2) is 34.1 Å². The highest BCUT2D eigenvalue weighted by Gasteiger charge is 2.34. The van der Waals surface area contributed by atoms with Crippen LogP contribution >= 0.6 is 11.8 Å². The Hall–Kier alpha value is -1.15. The third-order valence-electron chi connectivity index (χ3n) is 2.27. The fourth-order valence-corrected chi connectivity index (χ4v) is 3.42. The number of halogens is 2. The molecule has 19 heavy (non-hydrogen) atoms. The van der Waals surface area contributed by atoms with Gasteiger partial charge in [0.2, 0.25) is 9.84 Å². The fraction of sp³-hybridized carbons (Fsp3) is 0.364. The Kier molecular flexibility index (Phi) is 4.57. The van der Waals surface area contributed by atoms with Gasteiger partial charge in [-0.25, -0.2) is 8.42 Å². The fourth-order valence-electron chi connectivity index (χ4n) is 1.18. The van der Waals surface area contributed by atoms with Crippen molar-refractivity contribution in [3.63, 3.8) is 0 Å². The molecule has 0 bridgehead atoms. The molecule has 0 aromatic heterocycles. The quantitative estimate of drug-likeness (QED) is 0.847. The Morgan fingerprint density at radius 2 is 1.84 bits per heavy atom. The van der Waals surface area contributed by atoms with Crippen LogP contribution in [0.3, 0.4) is 0 Å². The van der Waals surface area contributed by atoms with E-state index >= 15 is 0 Å². The van der Waals surface area contributed by atoms with Gasteiger partial charge in [0.25, 0.3) is 0 Å². The third-order valence-corrected chi connectivity index (χ3v) is 5.10. The van der Waals surface area contributed by atoms with Crippen LogP contribution in [0.2, 0.25) is 0 Å². The molecule has 1 N–H and O–H groups in total. The molecule has 1 aromatic carbocycles. The zero-order valence-corrected chi connectivity index (χ0v) is 11.8. The van der Waals surface area contributed by atoms with Crippen LogP contribution in [0.4, 0.5) is 8.78 Å². The summed E-state index contributed by atoms with van der Waals surface area (Å²) in [5, 5.41) is 8.99. The van der Waals surface area contributed by atoms with Gasteiger partial charge >= 0.3 is 11.7 Å². The van der Waals surface area contributed by atoms with Crippen molar-refractivity contribution in [1.82, 2.24) is 0 Å².